The van der Waals surface area contributed by atoms with Crippen molar-refractivity contribution in [3.8, 4) is 0 Å². The van der Waals surface area contributed by atoms with Crippen molar-refractivity contribution >= 4 is 0 Å². The third-order valence-corrected chi connectivity index (χ3v) is 4.07. The van der Waals surface area contributed by atoms with E-state index in [2.05, 4.69) is 0 Å². The lowest BCUT2D eigenvalue weighted by Gasteiger charge is -2.23. The van der Waals surface area contributed by atoms with Gasteiger partial charge in [0.2, 0.25) is 0 Å². The van der Waals surface area contributed by atoms with Crippen LogP contribution in [0.5, 0.6) is 0 Å². The molecule has 20 heavy (non-hydrogen) atoms. The number of benzene rings is 1. The van der Waals surface area contributed by atoms with E-state index in [1.165, 1.54) is 0 Å². The van der Waals surface area contributed by atoms with Gasteiger partial charge in [-0.25, -0.2) is 0 Å². The molecule has 1 aromatic rings. The summed E-state index contributed by atoms with van der Waals surface area (Å²) in [6, 6.07) is 10.1. The lowest BCUT2D eigenvalue weighted by molar-refractivity contribution is -0.173. The van der Waals surface area contributed by atoms with E-state index in [1.807, 2.05) is 44.2 Å². The fraction of sp³-hybridized carbons (Fsp3) is 0.625. The first-order valence-electron chi connectivity index (χ1n) is 7.21. The van der Waals surface area contributed by atoms with Crippen molar-refractivity contribution in [1.82, 2.24) is 0 Å². The van der Waals surface area contributed by atoms with Crippen molar-refractivity contribution in [2.75, 3.05) is 6.61 Å². The van der Waals surface area contributed by atoms with E-state index in [0.717, 1.165) is 12.0 Å². The maximum absolute atomic E-state index is 9.50. The Labute approximate surface area is 119 Å². The summed E-state index contributed by atoms with van der Waals surface area (Å²) in [6.07, 6.45) is 0.634. The Kier molecular flexibility index (Phi) is 3.82. The molecule has 4 nitrogen and oxygen atoms in total. The van der Waals surface area contributed by atoms with Crippen molar-refractivity contribution < 1.29 is 19.3 Å². The van der Waals surface area contributed by atoms with Crippen LogP contribution in [0, 0.1) is 5.92 Å². The van der Waals surface area contributed by atoms with Gasteiger partial charge in [0, 0.05) is 12.5 Å². The second kappa shape index (κ2) is 5.45. The molecule has 1 saturated carbocycles. The zero-order valence-corrected chi connectivity index (χ0v) is 12.0. The van der Waals surface area contributed by atoms with Crippen molar-refractivity contribution in [2.45, 2.75) is 51.0 Å². The summed E-state index contributed by atoms with van der Waals surface area (Å²) in [5, 5.41) is 9.50. The maximum atomic E-state index is 9.50. The molecule has 0 spiro atoms. The molecule has 1 aliphatic carbocycles. The highest BCUT2D eigenvalue weighted by molar-refractivity contribution is 5.13. The first-order chi connectivity index (χ1) is 9.59. The van der Waals surface area contributed by atoms with Crippen LogP contribution in [0.25, 0.3) is 0 Å². The van der Waals surface area contributed by atoms with Gasteiger partial charge >= 0.3 is 0 Å². The Morgan fingerprint density at radius 2 is 1.90 bits per heavy atom. The summed E-state index contributed by atoms with van der Waals surface area (Å²) >= 11 is 0. The normalized spacial score (nSPS) is 35.1. The topological polar surface area (TPSA) is 47.9 Å². The van der Waals surface area contributed by atoms with E-state index >= 15 is 0 Å². The molecule has 2 fully saturated rings. The highest BCUT2D eigenvalue weighted by Gasteiger charge is 2.54. The Balaban J connectivity index is 1.65. The molecule has 1 heterocycles. The fourth-order valence-electron chi connectivity index (χ4n) is 3.15. The van der Waals surface area contributed by atoms with Crippen molar-refractivity contribution in [2.24, 2.45) is 5.92 Å². The molecule has 0 radical (unpaired) electrons. The van der Waals surface area contributed by atoms with Gasteiger partial charge in [-0.15, -0.1) is 0 Å². The van der Waals surface area contributed by atoms with Gasteiger partial charge in [-0.3, -0.25) is 0 Å². The fourth-order valence-corrected chi connectivity index (χ4v) is 3.15. The molecular formula is C16H22O4. The number of fused-ring (bicyclic) bond motifs is 1. The molecule has 0 aromatic heterocycles. The van der Waals surface area contributed by atoms with E-state index in [-0.39, 0.29) is 30.8 Å². The van der Waals surface area contributed by atoms with Crippen LogP contribution >= 0.6 is 0 Å². The highest BCUT2D eigenvalue weighted by atomic mass is 16.8. The number of rotatable bonds is 4. The van der Waals surface area contributed by atoms with Gasteiger partial charge in [-0.05, 0) is 25.8 Å². The SMILES string of the molecule is CC1(C)O[C@H]2[C@@H](CO)C[C@H](OCc3ccccc3)[C@H]2O1. The van der Waals surface area contributed by atoms with E-state index in [4.69, 9.17) is 14.2 Å². The quantitative estimate of drug-likeness (QED) is 0.916. The van der Waals surface area contributed by atoms with Gasteiger partial charge < -0.3 is 19.3 Å². The smallest absolute Gasteiger partial charge is 0.163 e. The molecule has 0 bridgehead atoms. The monoisotopic (exact) mass is 278 g/mol. The van der Waals surface area contributed by atoms with Crippen LogP contribution in [0.3, 0.4) is 0 Å². The molecule has 2 aliphatic rings. The highest BCUT2D eigenvalue weighted by Crippen LogP contribution is 2.42. The largest absolute Gasteiger partial charge is 0.396 e. The molecule has 1 aliphatic heterocycles. The van der Waals surface area contributed by atoms with E-state index < -0.39 is 5.79 Å². The Bertz CT molecular complexity index is 445. The maximum Gasteiger partial charge on any atom is 0.163 e. The molecule has 110 valence electrons. The van der Waals surface area contributed by atoms with Gasteiger partial charge in [0.1, 0.15) is 6.10 Å². The minimum absolute atomic E-state index is 0.0147. The standard InChI is InChI=1S/C16H22O4/c1-16(2)19-14-12(9-17)8-13(15(14)20-16)18-10-11-6-4-3-5-7-11/h3-7,12-15,17H,8-10H2,1-2H3/t12-,13+,14+,15-/m1/s1. The zero-order valence-electron chi connectivity index (χ0n) is 12.0. The van der Waals surface area contributed by atoms with Gasteiger partial charge in [0.15, 0.2) is 5.79 Å². The summed E-state index contributed by atoms with van der Waals surface area (Å²) in [4.78, 5) is 0. The van der Waals surface area contributed by atoms with E-state index in [0.29, 0.717) is 6.61 Å². The Morgan fingerprint density at radius 3 is 2.60 bits per heavy atom. The number of aliphatic hydroxyl groups excluding tert-OH is 1. The Hall–Kier alpha value is -0.940. The van der Waals surface area contributed by atoms with Gasteiger partial charge in [-0.2, -0.15) is 0 Å². The average Bonchev–Trinajstić information content (AvgIpc) is 2.91. The van der Waals surface area contributed by atoms with Crippen LogP contribution < -0.4 is 0 Å². The first-order valence-corrected chi connectivity index (χ1v) is 7.21. The molecular weight excluding hydrogens is 256 g/mol. The molecule has 0 unspecified atom stereocenters. The molecule has 4 heteroatoms. The lowest BCUT2D eigenvalue weighted by Crippen LogP contribution is -2.30. The number of hydrogen-bond donors (Lipinski definition) is 1. The van der Waals surface area contributed by atoms with Gasteiger partial charge in [0.05, 0.1) is 18.8 Å². The summed E-state index contributed by atoms with van der Waals surface area (Å²) in [5.74, 6) is -0.486. The van der Waals surface area contributed by atoms with Crippen molar-refractivity contribution in [3.05, 3.63) is 35.9 Å². The van der Waals surface area contributed by atoms with Gasteiger partial charge in [0.25, 0.3) is 0 Å². The van der Waals surface area contributed by atoms with Crippen molar-refractivity contribution in [1.29, 1.82) is 0 Å². The Morgan fingerprint density at radius 1 is 1.20 bits per heavy atom. The lowest BCUT2D eigenvalue weighted by atomic mass is 10.1. The average molecular weight is 278 g/mol. The second-order valence-corrected chi connectivity index (χ2v) is 6.08. The molecule has 4 atom stereocenters. The van der Waals surface area contributed by atoms with E-state index in [9.17, 15) is 5.11 Å². The summed E-state index contributed by atoms with van der Waals surface area (Å²) < 4.78 is 17.9. The second-order valence-electron chi connectivity index (χ2n) is 6.08. The number of ether oxygens (including phenoxy) is 3. The van der Waals surface area contributed by atoms with Gasteiger partial charge in [-0.1, -0.05) is 30.3 Å². The van der Waals surface area contributed by atoms with Crippen LogP contribution in [-0.2, 0) is 20.8 Å². The predicted octanol–water partition coefficient (Wildman–Crippen LogP) is 2.10. The van der Waals surface area contributed by atoms with Crippen molar-refractivity contribution in [3.63, 3.8) is 0 Å². The minimum Gasteiger partial charge on any atom is -0.396 e. The van der Waals surface area contributed by atoms with Crippen LogP contribution in [-0.4, -0.2) is 35.8 Å². The van der Waals surface area contributed by atoms with E-state index in [1.54, 1.807) is 0 Å². The molecule has 3 rings (SSSR count). The summed E-state index contributed by atoms with van der Waals surface area (Å²) in [5.41, 5.74) is 1.15. The summed E-state index contributed by atoms with van der Waals surface area (Å²) in [6.45, 7) is 4.50. The third kappa shape index (κ3) is 2.74. The third-order valence-electron chi connectivity index (χ3n) is 4.07. The molecule has 0 amide bonds. The minimum atomic E-state index is -0.586. The zero-order chi connectivity index (χ0) is 14.2. The first kappa shape index (κ1) is 14.0. The molecule has 1 N–H and O–H groups in total. The van der Waals surface area contributed by atoms with Crippen LogP contribution in [0.2, 0.25) is 0 Å². The van der Waals surface area contributed by atoms with Crippen LogP contribution in [0.1, 0.15) is 25.8 Å². The predicted molar refractivity (Wildman–Crippen MR) is 74.0 cm³/mol. The van der Waals surface area contributed by atoms with Crippen LogP contribution in [0.15, 0.2) is 30.3 Å². The number of aliphatic hydroxyl groups is 1. The summed E-state index contributed by atoms with van der Waals surface area (Å²) in [7, 11) is 0. The van der Waals surface area contributed by atoms with Crippen LogP contribution in [0.4, 0.5) is 0 Å². The molecule has 1 aromatic carbocycles. The molecule has 1 saturated heterocycles. The number of hydrogen-bond acceptors (Lipinski definition) is 4.